The number of hydrogen-bond acceptors (Lipinski definition) is 7. The molecule has 0 fully saturated rings. The third-order valence-corrected chi connectivity index (χ3v) is 12.9. The minimum Gasteiger partial charge on any atom is -0.470 e. The Kier molecular flexibility index (Phi) is 6.96. The SMILES string of the molecule is CN(C)[C@@H]1c2onc(OCc3ccccc3)c2C(=O)[C@@]2(O)[C@H](O[Si](C)(C)C(C)(C)C)[C@@H](Br)C=C[C@@H]12. The van der Waals surface area contributed by atoms with Crippen LogP contribution in [0.25, 0.3) is 0 Å². The molecule has 1 aromatic carbocycles. The number of hydrogen-bond donors (Lipinski definition) is 1. The van der Waals surface area contributed by atoms with Gasteiger partial charge in [0.05, 0.1) is 17.0 Å². The van der Waals surface area contributed by atoms with Crippen molar-refractivity contribution >= 4 is 30.0 Å². The van der Waals surface area contributed by atoms with Gasteiger partial charge in [0.15, 0.2) is 19.7 Å². The molecule has 7 nitrogen and oxygen atoms in total. The number of fused-ring (bicyclic) bond motifs is 2. The lowest BCUT2D eigenvalue weighted by molar-refractivity contribution is -0.0915. The van der Waals surface area contributed by atoms with E-state index in [2.05, 4.69) is 55.0 Å². The third-order valence-electron chi connectivity index (χ3n) is 7.62. The van der Waals surface area contributed by atoms with Crippen LogP contribution in [0.15, 0.2) is 47.0 Å². The standard InChI is InChI=1S/C26H35BrN2O5Si/c1-25(2,3)35(6,7)34-23-18(27)14-13-17-20(29(4)5)21-19(22(30)26(17,23)31)24(28-33-21)32-15-16-11-9-8-10-12-16/h8-14,17-18,20,23,31H,15H2,1-7H3/t17-,18-,20-,23+,26+/m0/s1. The van der Waals surface area contributed by atoms with Crippen molar-refractivity contribution in [2.45, 2.75) is 68.1 Å². The first-order valence-corrected chi connectivity index (χ1v) is 15.7. The van der Waals surface area contributed by atoms with E-state index in [0.29, 0.717) is 5.76 Å². The summed E-state index contributed by atoms with van der Waals surface area (Å²) in [6, 6.07) is 9.22. The first-order chi connectivity index (χ1) is 16.3. The highest BCUT2D eigenvalue weighted by molar-refractivity contribution is 9.09. The van der Waals surface area contributed by atoms with Crippen LogP contribution < -0.4 is 4.74 Å². The van der Waals surface area contributed by atoms with E-state index in [4.69, 9.17) is 13.7 Å². The number of halogens is 1. The lowest BCUT2D eigenvalue weighted by Gasteiger charge is -2.52. The van der Waals surface area contributed by atoms with Crippen molar-refractivity contribution in [1.29, 1.82) is 0 Å². The summed E-state index contributed by atoms with van der Waals surface area (Å²) >= 11 is 3.68. The van der Waals surface area contributed by atoms with E-state index < -0.39 is 37.8 Å². The van der Waals surface area contributed by atoms with E-state index in [1.807, 2.05) is 61.5 Å². The maximum atomic E-state index is 14.2. The summed E-state index contributed by atoms with van der Waals surface area (Å²) < 4.78 is 18.4. The molecule has 0 radical (unpaired) electrons. The van der Waals surface area contributed by atoms with E-state index >= 15 is 0 Å². The Bertz CT molecular complexity index is 1110. The smallest absolute Gasteiger partial charge is 0.265 e. The second kappa shape index (κ2) is 9.26. The number of alkyl halides is 1. The van der Waals surface area contributed by atoms with Crippen LogP contribution in [0.1, 0.15) is 48.5 Å². The number of Topliss-reactive ketones (excluding diaryl/α,β-unsaturated/α-hetero) is 1. The number of aliphatic hydroxyl groups is 1. The zero-order chi connectivity index (χ0) is 25.8. The van der Waals surface area contributed by atoms with Crippen LogP contribution in [0.4, 0.5) is 0 Å². The zero-order valence-electron chi connectivity index (χ0n) is 21.4. The lowest BCUT2D eigenvalue weighted by atomic mass is 9.65. The molecule has 4 rings (SSSR count). The van der Waals surface area contributed by atoms with Gasteiger partial charge in [0.2, 0.25) is 5.78 Å². The molecule has 0 bridgehead atoms. The molecule has 2 aliphatic rings. The molecule has 0 saturated carbocycles. The summed E-state index contributed by atoms with van der Waals surface area (Å²) in [4.78, 5) is 15.8. The third kappa shape index (κ3) is 4.46. The highest BCUT2D eigenvalue weighted by atomic mass is 79.9. The van der Waals surface area contributed by atoms with E-state index in [0.717, 1.165) is 5.56 Å². The highest BCUT2D eigenvalue weighted by Crippen LogP contribution is 2.53. The van der Waals surface area contributed by atoms with Gasteiger partial charge in [-0.25, -0.2) is 0 Å². The Morgan fingerprint density at radius 1 is 1.20 bits per heavy atom. The zero-order valence-corrected chi connectivity index (χ0v) is 24.0. The molecule has 0 amide bonds. The van der Waals surface area contributed by atoms with Crippen LogP contribution in [0.5, 0.6) is 5.88 Å². The van der Waals surface area contributed by atoms with Gasteiger partial charge in [-0.15, -0.1) is 0 Å². The van der Waals surface area contributed by atoms with Crippen LogP contribution in [0.3, 0.4) is 0 Å². The van der Waals surface area contributed by atoms with Crippen molar-refractivity contribution in [3.63, 3.8) is 0 Å². The van der Waals surface area contributed by atoms with Gasteiger partial charge in [0.1, 0.15) is 12.2 Å². The largest absolute Gasteiger partial charge is 0.470 e. The summed E-state index contributed by atoms with van der Waals surface area (Å²) in [7, 11) is 1.45. The molecule has 35 heavy (non-hydrogen) atoms. The molecule has 0 aliphatic heterocycles. The molecule has 0 saturated heterocycles. The first kappa shape index (κ1) is 26.3. The highest BCUT2D eigenvalue weighted by Gasteiger charge is 2.64. The number of rotatable bonds is 6. The number of ether oxygens (including phenoxy) is 1. The van der Waals surface area contributed by atoms with Crippen molar-refractivity contribution < 1.29 is 23.6 Å². The molecule has 9 heteroatoms. The summed E-state index contributed by atoms with van der Waals surface area (Å²) in [5.74, 6) is -0.547. The van der Waals surface area contributed by atoms with Crippen LogP contribution in [0, 0.1) is 5.92 Å². The predicted molar refractivity (Wildman–Crippen MR) is 140 cm³/mol. The van der Waals surface area contributed by atoms with Crippen LogP contribution in [0.2, 0.25) is 18.1 Å². The van der Waals surface area contributed by atoms with E-state index in [-0.39, 0.29) is 27.9 Å². The van der Waals surface area contributed by atoms with Crippen molar-refractivity contribution in [3.8, 4) is 5.88 Å². The van der Waals surface area contributed by atoms with Crippen molar-refractivity contribution in [1.82, 2.24) is 10.1 Å². The Hall–Kier alpha value is -1.78. The van der Waals surface area contributed by atoms with Gasteiger partial charge in [-0.05, 0) is 42.9 Å². The molecule has 1 N–H and O–H groups in total. The quantitative estimate of drug-likeness (QED) is 0.297. The maximum absolute atomic E-state index is 14.2. The second-order valence-corrected chi connectivity index (χ2v) is 17.0. The normalized spacial score (nSPS) is 28.7. The van der Waals surface area contributed by atoms with E-state index in [1.165, 1.54) is 0 Å². The monoisotopic (exact) mass is 562 g/mol. The number of nitrogens with zero attached hydrogens (tertiary/aromatic N) is 2. The summed E-state index contributed by atoms with van der Waals surface area (Å²) in [6.45, 7) is 10.9. The molecule has 1 heterocycles. The molecule has 2 aromatic rings. The summed E-state index contributed by atoms with van der Waals surface area (Å²) in [5.41, 5.74) is -0.692. The molecule has 0 spiro atoms. The minimum atomic E-state index is -2.34. The fourth-order valence-corrected chi connectivity index (χ4v) is 6.82. The number of carbonyl (C=O) groups excluding carboxylic acids is 1. The van der Waals surface area contributed by atoms with Gasteiger partial charge in [-0.1, -0.05) is 79.2 Å². The summed E-state index contributed by atoms with van der Waals surface area (Å²) in [5, 5.41) is 16.3. The molecule has 0 unspecified atom stereocenters. The maximum Gasteiger partial charge on any atom is 0.265 e. The van der Waals surface area contributed by atoms with Gasteiger partial charge in [-0.2, -0.15) is 0 Å². The Labute approximate surface area is 216 Å². The van der Waals surface area contributed by atoms with Gasteiger partial charge in [0, 0.05) is 5.92 Å². The van der Waals surface area contributed by atoms with Crippen LogP contribution in [-0.4, -0.2) is 59.9 Å². The fraction of sp³-hybridized carbons (Fsp3) is 0.538. The topological polar surface area (TPSA) is 85.0 Å². The second-order valence-electron chi connectivity index (χ2n) is 11.2. The van der Waals surface area contributed by atoms with Crippen molar-refractivity contribution in [2.24, 2.45) is 5.92 Å². The molecular formula is C26H35BrN2O5Si. The number of aromatic nitrogens is 1. The molecule has 190 valence electrons. The number of benzene rings is 1. The number of carbonyl (C=O) groups is 1. The molecule has 5 atom stereocenters. The van der Waals surface area contributed by atoms with Crippen LogP contribution >= 0.6 is 15.9 Å². The van der Waals surface area contributed by atoms with E-state index in [1.54, 1.807) is 0 Å². The van der Waals surface area contributed by atoms with Gasteiger partial charge in [0.25, 0.3) is 5.88 Å². The first-order valence-electron chi connectivity index (χ1n) is 11.9. The fourth-order valence-electron chi connectivity index (χ4n) is 4.62. The van der Waals surface area contributed by atoms with Crippen molar-refractivity contribution in [3.05, 3.63) is 59.4 Å². The van der Waals surface area contributed by atoms with E-state index in [9.17, 15) is 9.90 Å². The predicted octanol–water partition coefficient (Wildman–Crippen LogP) is 5.12. The Morgan fingerprint density at radius 2 is 1.86 bits per heavy atom. The van der Waals surface area contributed by atoms with Crippen molar-refractivity contribution in [2.75, 3.05) is 14.1 Å². The average Bonchev–Trinajstić information content (AvgIpc) is 3.19. The Morgan fingerprint density at radius 3 is 2.46 bits per heavy atom. The van der Waals surface area contributed by atoms with Crippen LogP contribution in [-0.2, 0) is 11.0 Å². The average molecular weight is 564 g/mol. The molecule has 1 aromatic heterocycles. The van der Waals surface area contributed by atoms with Gasteiger partial charge in [-0.3, -0.25) is 9.69 Å². The Balaban J connectivity index is 1.78. The summed E-state index contributed by atoms with van der Waals surface area (Å²) in [6.07, 6.45) is 3.08. The minimum absolute atomic E-state index is 0.0966. The van der Waals surface area contributed by atoms with Gasteiger partial charge >= 0.3 is 0 Å². The molecular weight excluding hydrogens is 528 g/mol. The molecule has 2 aliphatic carbocycles. The number of ketones is 1. The lowest BCUT2D eigenvalue weighted by Crippen LogP contribution is -2.66. The van der Waals surface area contributed by atoms with Gasteiger partial charge < -0.3 is 18.8 Å².